The third kappa shape index (κ3) is 9.27. The number of benzene rings is 4. The van der Waals surface area contributed by atoms with E-state index < -0.39 is 0 Å². The van der Waals surface area contributed by atoms with Crippen molar-refractivity contribution in [1.82, 2.24) is 38.7 Å². The molecule has 17 heteroatoms. The number of hydrogen-bond donors (Lipinski definition) is 1. The normalized spacial score (nSPS) is 14.0. The zero-order chi connectivity index (χ0) is 47.5. The van der Waals surface area contributed by atoms with Gasteiger partial charge in [0.2, 0.25) is 11.9 Å². The molecule has 0 bridgehead atoms. The van der Waals surface area contributed by atoms with E-state index in [0.29, 0.717) is 67.7 Å². The van der Waals surface area contributed by atoms with Crippen molar-refractivity contribution in [2.24, 2.45) is 14.1 Å². The number of anilines is 2. The van der Waals surface area contributed by atoms with Crippen LogP contribution in [0.25, 0.3) is 44.1 Å². The molecule has 2 aliphatic rings. The van der Waals surface area contributed by atoms with Crippen molar-refractivity contribution in [3.8, 4) is 22.3 Å². The van der Waals surface area contributed by atoms with Gasteiger partial charge in [-0.1, -0.05) is 36.4 Å². The quantitative estimate of drug-likeness (QED) is 0.176. The number of hydrogen-bond acceptors (Lipinski definition) is 13. The molecule has 1 N–H and O–H groups in total. The number of esters is 1. The van der Waals surface area contributed by atoms with E-state index >= 15 is 0 Å². The molecule has 2 fully saturated rings. The lowest BCUT2D eigenvalue weighted by Crippen LogP contribution is -2.37. The van der Waals surface area contributed by atoms with Gasteiger partial charge in [-0.2, -0.15) is 0 Å². The molecule has 0 amide bonds. The largest absolute Gasteiger partial charge is 0.465 e. The van der Waals surface area contributed by atoms with Gasteiger partial charge in [-0.05, 0) is 89.2 Å². The fourth-order valence-corrected chi connectivity index (χ4v) is 8.68. The number of aryl methyl sites for hydroxylation is 2. The number of carbonyl (C=O) groups is 1. The van der Waals surface area contributed by atoms with Crippen LogP contribution in [0.5, 0.6) is 0 Å². The average Bonchev–Trinajstić information content (AvgIpc) is 3.77. The Bertz CT molecular complexity index is 3230. The van der Waals surface area contributed by atoms with Crippen molar-refractivity contribution in [3.05, 3.63) is 152 Å². The highest BCUT2D eigenvalue weighted by molar-refractivity contribution is 5.90. The number of ether oxygens (including phenoxy) is 3. The molecular formula is C51H54N10O7. The molecule has 2 aliphatic heterocycles. The molecule has 0 radical (unpaired) electrons. The summed E-state index contributed by atoms with van der Waals surface area (Å²) in [6, 6.07) is 23.0. The number of aliphatic hydroxyl groups excluding tert-OH is 1. The van der Waals surface area contributed by atoms with Crippen LogP contribution in [0.2, 0.25) is 0 Å². The molecule has 0 atom stereocenters. The minimum atomic E-state index is -0.389. The van der Waals surface area contributed by atoms with Gasteiger partial charge in [0.05, 0.1) is 80.6 Å². The summed E-state index contributed by atoms with van der Waals surface area (Å²) >= 11 is 0. The van der Waals surface area contributed by atoms with Gasteiger partial charge in [0.25, 0.3) is 11.1 Å². The fourth-order valence-electron chi connectivity index (χ4n) is 8.68. The second kappa shape index (κ2) is 19.8. The molecule has 0 spiro atoms. The number of nitrogens with zero attached hydrogens (tertiary/aromatic N) is 10. The summed E-state index contributed by atoms with van der Waals surface area (Å²) < 4.78 is 22.8. The lowest BCUT2D eigenvalue weighted by atomic mass is 10.0. The van der Waals surface area contributed by atoms with E-state index in [1.165, 1.54) is 7.11 Å². The minimum Gasteiger partial charge on any atom is -0.465 e. The first-order chi connectivity index (χ1) is 33.0. The van der Waals surface area contributed by atoms with E-state index in [9.17, 15) is 19.5 Å². The maximum atomic E-state index is 12.9. The highest BCUT2D eigenvalue weighted by Crippen LogP contribution is 2.27. The second-order valence-electron chi connectivity index (χ2n) is 17.0. The molecule has 10 rings (SSSR count). The smallest absolute Gasteiger partial charge is 0.337 e. The van der Waals surface area contributed by atoms with Crippen LogP contribution in [0.4, 0.5) is 11.9 Å². The van der Waals surface area contributed by atoms with Crippen LogP contribution in [0.15, 0.2) is 107 Å². The summed E-state index contributed by atoms with van der Waals surface area (Å²) in [5, 5.41) is 10.8. The lowest BCUT2D eigenvalue weighted by molar-refractivity contribution is 0.0600. The van der Waals surface area contributed by atoms with Gasteiger partial charge in [-0.15, -0.1) is 0 Å². The van der Waals surface area contributed by atoms with Crippen molar-refractivity contribution in [1.29, 1.82) is 0 Å². The van der Waals surface area contributed by atoms with Gasteiger partial charge in [-0.25, -0.2) is 24.7 Å². The zero-order valence-electron chi connectivity index (χ0n) is 38.9. The summed E-state index contributed by atoms with van der Waals surface area (Å²) in [6.07, 6.45) is 7.29. The molecular weight excluding hydrogens is 865 g/mol. The minimum absolute atomic E-state index is 0.0107. The summed E-state index contributed by atoms with van der Waals surface area (Å²) in [7, 11) is 4.90. The fraction of sp³-hybridized carbons (Fsp3) is 0.314. The topological polar surface area (TPSA) is 177 Å². The molecule has 17 nitrogen and oxygen atoms in total. The van der Waals surface area contributed by atoms with E-state index in [1.807, 2.05) is 115 Å². The summed E-state index contributed by atoms with van der Waals surface area (Å²) in [5.74, 6) is 1.01. The number of methoxy groups -OCH3 is 1. The molecule has 0 aliphatic carbocycles. The van der Waals surface area contributed by atoms with Gasteiger partial charge in [-0.3, -0.25) is 28.3 Å². The first kappa shape index (κ1) is 45.7. The number of morpholine rings is 2. The maximum Gasteiger partial charge on any atom is 0.337 e. The number of aliphatic hydroxyl groups is 1. The molecule has 0 saturated carbocycles. The molecule has 4 aromatic heterocycles. The van der Waals surface area contributed by atoms with Crippen molar-refractivity contribution in [3.63, 3.8) is 0 Å². The predicted octanol–water partition coefficient (Wildman–Crippen LogP) is 5.26. The Morgan fingerprint density at radius 3 is 1.49 bits per heavy atom. The monoisotopic (exact) mass is 918 g/mol. The van der Waals surface area contributed by atoms with Crippen LogP contribution in [0.1, 0.15) is 38.2 Å². The second-order valence-corrected chi connectivity index (χ2v) is 17.0. The molecule has 2 saturated heterocycles. The zero-order valence-corrected chi connectivity index (χ0v) is 38.9. The van der Waals surface area contributed by atoms with Crippen LogP contribution in [0.3, 0.4) is 0 Å². The van der Waals surface area contributed by atoms with Gasteiger partial charge < -0.3 is 29.1 Å². The van der Waals surface area contributed by atoms with Crippen LogP contribution in [-0.2, 0) is 48.0 Å². The van der Waals surface area contributed by atoms with Crippen molar-refractivity contribution in [2.75, 3.05) is 69.5 Å². The van der Waals surface area contributed by atoms with E-state index in [4.69, 9.17) is 14.2 Å². The van der Waals surface area contributed by atoms with Crippen molar-refractivity contribution in [2.45, 2.75) is 33.5 Å². The first-order valence-electron chi connectivity index (χ1n) is 22.6. The molecule has 4 aromatic carbocycles. The summed E-state index contributed by atoms with van der Waals surface area (Å²) in [5.41, 5.74) is 10.7. The van der Waals surface area contributed by atoms with Crippen LogP contribution >= 0.6 is 0 Å². The molecule has 68 heavy (non-hydrogen) atoms. The SMILES string of the molecule is COC(=O)c1ccc(C)c(Cn2c3cc(-c4cnc(N5CCOCC5)nc4)ccc3c(=O)n2C)c1.Cc1ccc(CO)cc1Cn1c2cc(-c3cnc(N4CCOCC4)nc3)ccc2c(=O)n1C. The Balaban J connectivity index is 0.000000170. The molecule has 350 valence electrons. The van der Waals surface area contributed by atoms with Crippen molar-refractivity contribution < 1.29 is 24.1 Å². The van der Waals surface area contributed by atoms with Gasteiger partial charge in [0.1, 0.15) is 0 Å². The maximum absolute atomic E-state index is 12.9. The van der Waals surface area contributed by atoms with Crippen LogP contribution in [-0.4, -0.2) is 109 Å². The van der Waals surface area contributed by atoms with Gasteiger partial charge in [0, 0.05) is 76.2 Å². The predicted molar refractivity (Wildman–Crippen MR) is 260 cm³/mol. The van der Waals surface area contributed by atoms with E-state index in [0.717, 1.165) is 87.3 Å². The Kier molecular flexibility index (Phi) is 13.3. The average molecular weight is 919 g/mol. The lowest BCUT2D eigenvalue weighted by Gasteiger charge is -2.26. The standard InChI is InChI=1S/C26H27N5O4.C25H27N5O3/c1-17-4-5-19(25(33)34-3)12-20(17)16-31-23-13-18(6-7-22(23)24(32)29(31)2)21-14-27-26(28-15-21)30-8-10-35-11-9-30;1-17-3-4-18(16-31)11-20(17)15-30-23-12-19(5-6-22(23)24(32)28(30)2)21-13-26-25(27-14-21)29-7-9-33-10-8-29/h4-7,12-15H,8-11,16H2,1-3H3;3-6,11-14,31H,7-10,15-16H2,1-2H3. The van der Waals surface area contributed by atoms with Crippen LogP contribution < -0.4 is 20.9 Å². The van der Waals surface area contributed by atoms with Crippen LogP contribution in [0, 0.1) is 13.8 Å². The molecule has 6 heterocycles. The third-order valence-corrected chi connectivity index (χ3v) is 12.9. The van der Waals surface area contributed by atoms with E-state index in [1.54, 1.807) is 29.5 Å². The van der Waals surface area contributed by atoms with Crippen molar-refractivity contribution >= 4 is 39.7 Å². The Morgan fingerprint density at radius 1 is 0.603 bits per heavy atom. The highest BCUT2D eigenvalue weighted by Gasteiger charge is 2.19. The van der Waals surface area contributed by atoms with Gasteiger partial charge >= 0.3 is 5.97 Å². The number of carbonyl (C=O) groups excluding carboxylic acids is 1. The van der Waals surface area contributed by atoms with E-state index in [-0.39, 0.29) is 23.7 Å². The highest BCUT2D eigenvalue weighted by atomic mass is 16.5. The number of rotatable bonds is 10. The number of aromatic nitrogens is 8. The summed E-state index contributed by atoms with van der Waals surface area (Å²) in [6.45, 7) is 10.8. The number of fused-ring (bicyclic) bond motifs is 2. The Labute approximate surface area is 392 Å². The molecule has 8 aromatic rings. The Hall–Kier alpha value is -7.47. The summed E-state index contributed by atoms with van der Waals surface area (Å²) in [4.78, 5) is 60.3. The third-order valence-electron chi connectivity index (χ3n) is 12.9. The first-order valence-corrected chi connectivity index (χ1v) is 22.6. The Morgan fingerprint density at radius 2 is 1.04 bits per heavy atom. The molecule has 0 unspecified atom stereocenters. The van der Waals surface area contributed by atoms with Gasteiger partial charge in [0.15, 0.2) is 0 Å². The van der Waals surface area contributed by atoms with E-state index in [2.05, 4.69) is 29.7 Å².